The van der Waals surface area contributed by atoms with Gasteiger partial charge in [0.25, 0.3) is 5.91 Å². The van der Waals surface area contributed by atoms with Crippen molar-refractivity contribution in [3.63, 3.8) is 0 Å². The standard InChI is InChI=1S/C19H18N2O4/c1-23-15-8-9-16(18(11-15)24-2)19(22)20-12-14-10-17(25-21-14)13-6-4-3-5-7-13/h3-11H,12H2,1-2H3,(H,20,22). The van der Waals surface area contributed by atoms with Crippen LogP contribution in [0.1, 0.15) is 16.1 Å². The molecule has 6 heteroatoms. The molecule has 0 saturated carbocycles. The molecule has 0 aliphatic rings. The maximum absolute atomic E-state index is 12.4. The summed E-state index contributed by atoms with van der Waals surface area (Å²) in [7, 11) is 3.07. The highest BCUT2D eigenvalue weighted by Gasteiger charge is 2.14. The topological polar surface area (TPSA) is 73.6 Å². The molecule has 0 spiro atoms. The van der Waals surface area contributed by atoms with Crippen LogP contribution in [0.4, 0.5) is 0 Å². The number of aromatic nitrogens is 1. The Labute approximate surface area is 145 Å². The molecular weight excluding hydrogens is 320 g/mol. The van der Waals surface area contributed by atoms with Gasteiger partial charge in [-0.25, -0.2) is 0 Å². The molecule has 1 aromatic heterocycles. The van der Waals surface area contributed by atoms with Gasteiger partial charge in [0.2, 0.25) is 0 Å². The quantitative estimate of drug-likeness (QED) is 0.746. The van der Waals surface area contributed by atoms with E-state index in [1.807, 2.05) is 30.3 Å². The fourth-order valence-electron chi connectivity index (χ4n) is 2.39. The lowest BCUT2D eigenvalue weighted by molar-refractivity contribution is 0.0947. The molecule has 3 aromatic rings. The van der Waals surface area contributed by atoms with Crippen molar-refractivity contribution in [2.24, 2.45) is 0 Å². The van der Waals surface area contributed by atoms with Gasteiger partial charge in [0.1, 0.15) is 17.2 Å². The van der Waals surface area contributed by atoms with Crippen LogP contribution >= 0.6 is 0 Å². The molecule has 0 saturated heterocycles. The Bertz CT molecular complexity index is 859. The maximum atomic E-state index is 12.4. The third-order valence-electron chi connectivity index (χ3n) is 3.70. The van der Waals surface area contributed by atoms with Crippen LogP contribution in [0.5, 0.6) is 11.5 Å². The normalized spacial score (nSPS) is 10.3. The molecule has 0 atom stereocenters. The van der Waals surface area contributed by atoms with Gasteiger partial charge in [0, 0.05) is 17.7 Å². The Morgan fingerprint density at radius 1 is 1.08 bits per heavy atom. The first-order chi connectivity index (χ1) is 12.2. The fourth-order valence-corrected chi connectivity index (χ4v) is 2.39. The van der Waals surface area contributed by atoms with Crippen LogP contribution in [0, 0.1) is 0 Å². The molecule has 6 nitrogen and oxygen atoms in total. The summed E-state index contributed by atoms with van der Waals surface area (Å²) < 4.78 is 15.7. The smallest absolute Gasteiger partial charge is 0.255 e. The molecule has 3 rings (SSSR count). The zero-order valence-electron chi connectivity index (χ0n) is 14.0. The molecule has 0 bridgehead atoms. The Morgan fingerprint density at radius 3 is 2.60 bits per heavy atom. The van der Waals surface area contributed by atoms with E-state index >= 15 is 0 Å². The number of hydrogen-bond donors (Lipinski definition) is 1. The number of carbonyl (C=O) groups excluding carboxylic acids is 1. The highest BCUT2D eigenvalue weighted by Crippen LogP contribution is 2.24. The van der Waals surface area contributed by atoms with E-state index in [-0.39, 0.29) is 12.5 Å². The number of rotatable bonds is 6. The van der Waals surface area contributed by atoms with Crippen molar-refractivity contribution in [1.82, 2.24) is 10.5 Å². The van der Waals surface area contributed by atoms with E-state index in [2.05, 4.69) is 10.5 Å². The van der Waals surface area contributed by atoms with Crippen LogP contribution in [0.3, 0.4) is 0 Å². The van der Waals surface area contributed by atoms with Gasteiger partial charge in [-0.15, -0.1) is 0 Å². The van der Waals surface area contributed by atoms with Gasteiger partial charge >= 0.3 is 0 Å². The minimum atomic E-state index is -0.260. The van der Waals surface area contributed by atoms with Crippen LogP contribution in [-0.4, -0.2) is 25.3 Å². The van der Waals surface area contributed by atoms with Gasteiger partial charge < -0.3 is 19.3 Å². The van der Waals surface area contributed by atoms with Gasteiger partial charge in [-0.1, -0.05) is 35.5 Å². The molecule has 2 aromatic carbocycles. The van der Waals surface area contributed by atoms with Gasteiger partial charge in [0.05, 0.1) is 26.3 Å². The first kappa shape index (κ1) is 16.6. The minimum absolute atomic E-state index is 0.254. The van der Waals surface area contributed by atoms with Crippen LogP contribution in [0.15, 0.2) is 59.1 Å². The molecule has 0 aliphatic carbocycles. The highest BCUT2D eigenvalue weighted by atomic mass is 16.5. The summed E-state index contributed by atoms with van der Waals surface area (Å²) in [6.07, 6.45) is 0. The van der Waals surface area contributed by atoms with Gasteiger partial charge in [0.15, 0.2) is 5.76 Å². The van der Waals surface area contributed by atoms with Crippen molar-refractivity contribution in [1.29, 1.82) is 0 Å². The van der Waals surface area contributed by atoms with E-state index in [1.165, 1.54) is 7.11 Å². The van der Waals surface area contributed by atoms with Crippen molar-refractivity contribution in [2.75, 3.05) is 14.2 Å². The average Bonchev–Trinajstić information content (AvgIpc) is 3.15. The molecule has 1 amide bonds. The number of nitrogens with zero attached hydrogens (tertiary/aromatic N) is 1. The average molecular weight is 338 g/mol. The summed E-state index contributed by atoms with van der Waals surface area (Å²) in [4.78, 5) is 12.4. The molecule has 25 heavy (non-hydrogen) atoms. The second-order valence-corrected chi connectivity index (χ2v) is 5.30. The Kier molecular flexibility index (Phi) is 4.99. The van der Waals surface area contributed by atoms with Crippen molar-refractivity contribution >= 4 is 5.91 Å². The molecule has 0 unspecified atom stereocenters. The van der Waals surface area contributed by atoms with E-state index in [1.54, 1.807) is 31.4 Å². The maximum Gasteiger partial charge on any atom is 0.255 e. The van der Waals surface area contributed by atoms with Crippen molar-refractivity contribution in [3.05, 3.63) is 65.9 Å². The Morgan fingerprint density at radius 2 is 1.88 bits per heavy atom. The first-order valence-corrected chi connectivity index (χ1v) is 7.72. The van der Waals surface area contributed by atoms with Gasteiger partial charge in [-0.2, -0.15) is 0 Å². The predicted octanol–water partition coefficient (Wildman–Crippen LogP) is 3.29. The SMILES string of the molecule is COc1ccc(C(=O)NCc2cc(-c3ccccc3)on2)c(OC)c1. The van der Waals surface area contributed by atoms with Crippen LogP contribution in [0.25, 0.3) is 11.3 Å². The van der Waals surface area contributed by atoms with Crippen LogP contribution < -0.4 is 14.8 Å². The van der Waals surface area contributed by atoms with Gasteiger partial charge in [-0.3, -0.25) is 4.79 Å². The summed E-state index contributed by atoms with van der Waals surface area (Å²) in [6, 6.07) is 16.5. The number of hydrogen-bond acceptors (Lipinski definition) is 5. The number of nitrogens with one attached hydrogen (secondary N) is 1. The van der Waals surface area contributed by atoms with E-state index in [9.17, 15) is 4.79 Å². The zero-order valence-corrected chi connectivity index (χ0v) is 14.0. The van der Waals surface area contributed by atoms with Crippen molar-refractivity contribution < 1.29 is 18.8 Å². The molecule has 1 heterocycles. The fraction of sp³-hybridized carbons (Fsp3) is 0.158. The largest absolute Gasteiger partial charge is 0.497 e. The second-order valence-electron chi connectivity index (χ2n) is 5.30. The van der Waals surface area contributed by atoms with E-state index in [4.69, 9.17) is 14.0 Å². The number of carbonyl (C=O) groups is 1. The lowest BCUT2D eigenvalue weighted by Gasteiger charge is -2.10. The Hall–Kier alpha value is -3.28. The lowest BCUT2D eigenvalue weighted by atomic mass is 10.1. The molecular formula is C19H18N2O4. The van der Waals surface area contributed by atoms with Crippen molar-refractivity contribution in [3.8, 4) is 22.8 Å². The van der Waals surface area contributed by atoms with Crippen molar-refractivity contribution in [2.45, 2.75) is 6.54 Å². The monoisotopic (exact) mass is 338 g/mol. The predicted molar refractivity (Wildman–Crippen MR) is 92.7 cm³/mol. The summed E-state index contributed by atoms with van der Waals surface area (Å²) in [5.74, 6) is 1.47. The second kappa shape index (κ2) is 7.53. The molecule has 1 N–H and O–H groups in total. The zero-order chi connectivity index (χ0) is 17.6. The number of methoxy groups -OCH3 is 2. The molecule has 0 radical (unpaired) electrons. The van der Waals surface area contributed by atoms with E-state index < -0.39 is 0 Å². The van der Waals surface area contributed by atoms with Crippen LogP contribution in [0.2, 0.25) is 0 Å². The summed E-state index contributed by atoms with van der Waals surface area (Å²) in [6.45, 7) is 0.254. The lowest BCUT2D eigenvalue weighted by Crippen LogP contribution is -2.23. The highest BCUT2D eigenvalue weighted by molar-refractivity contribution is 5.97. The number of amides is 1. The minimum Gasteiger partial charge on any atom is -0.497 e. The van der Waals surface area contributed by atoms with E-state index in [0.29, 0.717) is 28.5 Å². The number of ether oxygens (including phenoxy) is 2. The molecule has 0 fully saturated rings. The van der Waals surface area contributed by atoms with E-state index in [0.717, 1.165) is 5.56 Å². The molecule has 128 valence electrons. The van der Waals surface area contributed by atoms with Crippen LogP contribution in [-0.2, 0) is 6.54 Å². The Balaban J connectivity index is 1.68. The first-order valence-electron chi connectivity index (χ1n) is 7.72. The van der Waals surface area contributed by atoms with Gasteiger partial charge in [-0.05, 0) is 12.1 Å². The third kappa shape index (κ3) is 3.80. The summed E-state index contributed by atoms with van der Waals surface area (Å²) >= 11 is 0. The summed E-state index contributed by atoms with van der Waals surface area (Å²) in [5, 5.41) is 6.80. The number of benzene rings is 2. The molecule has 0 aliphatic heterocycles. The third-order valence-corrected chi connectivity index (χ3v) is 3.70. The summed E-state index contributed by atoms with van der Waals surface area (Å²) in [5.41, 5.74) is 2.00.